The number of benzene rings is 3. The lowest BCUT2D eigenvalue weighted by molar-refractivity contribution is -0.144. The van der Waals surface area contributed by atoms with Crippen LogP contribution in [0.5, 0.6) is 5.75 Å². The van der Waals surface area contributed by atoms with E-state index in [4.69, 9.17) is 9.47 Å². The van der Waals surface area contributed by atoms with Crippen molar-refractivity contribution in [2.45, 2.75) is 65.4 Å². The van der Waals surface area contributed by atoms with E-state index >= 15 is 8.78 Å². The van der Waals surface area contributed by atoms with Gasteiger partial charge in [0, 0.05) is 28.5 Å². The van der Waals surface area contributed by atoms with E-state index in [2.05, 4.69) is 5.32 Å². The molecule has 252 valence electrons. The van der Waals surface area contributed by atoms with Crippen LogP contribution >= 0.6 is 0 Å². The number of pyridine rings is 1. The van der Waals surface area contributed by atoms with Crippen molar-refractivity contribution in [3.05, 3.63) is 122 Å². The fraction of sp³-hybridized carbons (Fsp3) is 0.306. The molecule has 1 N–H and O–H groups in total. The average Bonchev–Trinajstić information content (AvgIpc) is 3.02. The first-order chi connectivity index (χ1) is 22.7. The van der Waals surface area contributed by atoms with Crippen LogP contribution in [0.15, 0.2) is 65.6 Å². The summed E-state index contributed by atoms with van der Waals surface area (Å²) in [6, 6.07) is 9.59. The zero-order valence-corrected chi connectivity index (χ0v) is 26.6. The fourth-order valence-corrected chi connectivity index (χ4v) is 6.08. The van der Waals surface area contributed by atoms with Crippen LogP contribution in [0.3, 0.4) is 0 Å². The van der Waals surface area contributed by atoms with Gasteiger partial charge in [-0.1, -0.05) is 25.1 Å². The molecule has 1 aliphatic rings. The van der Waals surface area contributed by atoms with Gasteiger partial charge in [-0.2, -0.15) is 13.2 Å². The smallest absolute Gasteiger partial charge is 0.416 e. The van der Waals surface area contributed by atoms with Crippen molar-refractivity contribution < 1.29 is 41.0 Å². The van der Waals surface area contributed by atoms with Crippen molar-refractivity contribution in [2.75, 3.05) is 6.61 Å². The topological polar surface area (TPSA) is 86.6 Å². The Hall–Kier alpha value is -5.00. The third-order valence-electron chi connectivity index (χ3n) is 8.33. The molecule has 2 atom stereocenters. The van der Waals surface area contributed by atoms with Gasteiger partial charge in [0.15, 0.2) is 0 Å². The van der Waals surface area contributed by atoms with Crippen LogP contribution in [-0.4, -0.2) is 23.1 Å². The second kappa shape index (κ2) is 13.6. The van der Waals surface area contributed by atoms with Crippen molar-refractivity contribution in [1.82, 2.24) is 9.88 Å². The number of carbonyl (C=O) groups is 2. The number of hydrogen-bond acceptors (Lipinski definition) is 5. The molecule has 0 aliphatic carbocycles. The molecule has 48 heavy (non-hydrogen) atoms. The fourth-order valence-electron chi connectivity index (χ4n) is 6.08. The van der Waals surface area contributed by atoms with E-state index in [1.165, 1.54) is 32.0 Å². The number of ether oxygens (including phenoxy) is 2. The maximum absolute atomic E-state index is 16.0. The number of fused-ring (bicyclic) bond motifs is 6. The third kappa shape index (κ3) is 6.69. The van der Waals surface area contributed by atoms with E-state index < -0.39 is 64.9 Å². The summed E-state index contributed by atoms with van der Waals surface area (Å²) in [5.41, 5.74) is -0.890. The first kappa shape index (κ1) is 34.3. The standard InChI is InChI=1S/C36H33F5N2O5/c1-5-23-26(36(39,40)41)12-13-43(35(23)46)33-24-15-21(10-11-27(24)37)18-48-29-9-7-8-19(3)31(29)22-14-20(4)32(38)25(16-22)28(42-34(33)45)17-30(44)47-6-2/h7-16,28,33H,5-6,17-18H2,1-4H3,(H,42,45)/t28-,33-/m0/s1. The van der Waals surface area contributed by atoms with E-state index in [0.29, 0.717) is 28.5 Å². The predicted molar refractivity (Wildman–Crippen MR) is 167 cm³/mol. The lowest BCUT2D eigenvalue weighted by atomic mass is 9.91. The lowest BCUT2D eigenvalue weighted by Gasteiger charge is -2.27. The molecule has 0 unspecified atom stereocenters. The quantitative estimate of drug-likeness (QED) is 0.179. The Morgan fingerprint density at radius 2 is 1.75 bits per heavy atom. The minimum absolute atomic E-state index is 0.00761. The molecule has 12 heteroatoms. The summed E-state index contributed by atoms with van der Waals surface area (Å²) in [6.07, 6.45) is -4.96. The van der Waals surface area contributed by atoms with Crippen LogP contribution in [0.25, 0.3) is 11.1 Å². The van der Waals surface area contributed by atoms with Gasteiger partial charge in [-0.05, 0) is 85.8 Å². The summed E-state index contributed by atoms with van der Waals surface area (Å²) >= 11 is 0. The molecule has 5 rings (SSSR count). The highest BCUT2D eigenvalue weighted by atomic mass is 19.4. The Morgan fingerprint density at radius 3 is 2.44 bits per heavy atom. The van der Waals surface area contributed by atoms with Gasteiger partial charge in [0.1, 0.15) is 30.0 Å². The normalized spacial score (nSPS) is 16.3. The molecule has 1 amide bonds. The minimum atomic E-state index is -4.86. The summed E-state index contributed by atoms with van der Waals surface area (Å²) in [4.78, 5) is 40.8. The molecule has 0 radical (unpaired) electrons. The molecule has 7 nitrogen and oxygen atoms in total. The Kier molecular flexibility index (Phi) is 9.74. The van der Waals surface area contributed by atoms with E-state index in [0.717, 1.165) is 22.4 Å². The van der Waals surface area contributed by atoms with Crippen molar-refractivity contribution in [2.24, 2.45) is 0 Å². The van der Waals surface area contributed by atoms with Gasteiger partial charge in [0.25, 0.3) is 5.56 Å². The predicted octanol–water partition coefficient (Wildman–Crippen LogP) is 7.28. The minimum Gasteiger partial charge on any atom is -0.488 e. The lowest BCUT2D eigenvalue weighted by Crippen LogP contribution is -2.42. The monoisotopic (exact) mass is 668 g/mol. The van der Waals surface area contributed by atoms with Crippen LogP contribution in [0.2, 0.25) is 0 Å². The Bertz CT molecular complexity index is 1950. The number of nitrogens with zero attached hydrogens (tertiary/aromatic N) is 1. The largest absolute Gasteiger partial charge is 0.488 e. The number of hydrogen-bond donors (Lipinski definition) is 1. The van der Waals surface area contributed by atoms with Gasteiger partial charge in [-0.15, -0.1) is 0 Å². The zero-order chi connectivity index (χ0) is 34.9. The van der Waals surface area contributed by atoms with E-state index in [9.17, 15) is 27.6 Å². The number of halogens is 5. The molecular weight excluding hydrogens is 635 g/mol. The SMILES string of the molecule is CCOC(=O)C[C@@H]1NC(=O)[C@@H](n2ccc(C(F)(F)F)c(CC)c2=O)c2cc(ccc2F)COc2cccc(C)c2-c2cc(C)c(F)c1c2. The van der Waals surface area contributed by atoms with Crippen molar-refractivity contribution >= 4 is 11.9 Å². The summed E-state index contributed by atoms with van der Waals surface area (Å²) in [5.74, 6) is -3.10. The highest BCUT2D eigenvalue weighted by Crippen LogP contribution is 2.38. The number of nitrogens with one attached hydrogen (secondary N) is 1. The number of aromatic nitrogens is 1. The van der Waals surface area contributed by atoms with Crippen LogP contribution < -0.4 is 15.6 Å². The molecule has 4 bridgehead atoms. The molecule has 2 heterocycles. The van der Waals surface area contributed by atoms with Crippen molar-refractivity contribution in [1.29, 1.82) is 0 Å². The van der Waals surface area contributed by atoms with E-state index in [1.54, 1.807) is 25.1 Å². The first-order valence-corrected chi connectivity index (χ1v) is 15.3. The Labute approximate surface area is 273 Å². The highest BCUT2D eigenvalue weighted by molar-refractivity contribution is 5.85. The third-order valence-corrected chi connectivity index (χ3v) is 8.33. The number of carbonyl (C=O) groups excluding carboxylic acids is 2. The highest BCUT2D eigenvalue weighted by Gasteiger charge is 2.37. The molecule has 4 aromatic rings. The van der Waals surface area contributed by atoms with Crippen LogP contribution in [0, 0.1) is 25.5 Å². The van der Waals surface area contributed by atoms with E-state index in [-0.39, 0.29) is 36.3 Å². The maximum atomic E-state index is 16.0. The van der Waals surface area contributed by atoms with Gasteiger partial charge in [-0.25, -0.2) is 8.78 Å². The number of rotatable bonds is 5. The molecular formula is C36H33F5N2O5. The average molecular weight is 669 g/mol. The number of amides is 1. The molecule has 1 aliphatic heterocycles. The number of aryl methyl sites for hydroxylation is 2. The molecule has 0 saturated heterocycles. The summed E-state index contributed by atoms with van der Waals surface area (Å²) in [5, 5.41) is 2.61. The second-order valence-electron chi connectivity index (χ2n) is 11.5. The van der Waals surface area contributed by atoms with Gasteiger partial charge < -0.3 is 14.8 Å². The van der Waals surface area contributed by atoms with Crippen LogP contribution in [-0.2, 0) is 33.5 Å². The van der Waals surface area contributed by atoms with Crippen molar-refractivity contribution in [3.8, 4) is 16.9 Å². The van der Waals surface area contributed by atoms with Gasteiger partial charge in [0.2, 0.25) is 5.91 Å². The summed E-state index contributed by atoms with van der Waals surface area (Å²) < 4.78 is 85.2. The number of alkyl halides is 3. The van der Waals surface area contributed by atoms with Gasteiger partial charge in [0.05, 0.1) is 24.6 Å². The Balaban J connectivity index is 1.80. The van der Waals surface area contributed by atoms with Crippen LogP contribution in [0.1, 0.15) is 71.3 Å². The molecule has 3 aromatic carbocycles. The number of esters is 1. The zero-order valence-electron chi connectivity index (χ0n) is 26.6. The first-order valence-electron chi connectivity index (χ1n) is 15.3. The van der Waals surface area contributed by atoms with Crippen LogP contribution in [0.4, 0.5) is 22.0 Å². The van der Waals surface area contributed by atoms with Crippen molar-refractivity contribution in [3.63, 3.8) is 0 Å². The second-order valence-corrected chi connectivity index (χ2v) is 11.5. The summed E-state index contributed by atoms with van der Waals surface area (Å²) in [6.45, 7) is 6.17. The molecule has 0 saturated carbocycles. The molecule has 1 aromatic heterocycles. The molecule has 0 spiro atoms. The molecule has 0 fully saturated rings. The van der Waals surface area contributed by atoms with Gasteiger partial charge in [-0.3, -0.25) is 19.0 Å². The maximum Gasteiger partial charge on any atom is 0.416 e. The Morgan fingerprint density at radius 1 is 1.00 bits per heavy atom. The summed E-state index contributed by atoms with van der Waals surface area (Å²) in [7, 11) is 0. The van der Waals surface area contributed by atoms with Gasteiger partial charge >= 0.3 is 12.1 Å². The van der Waals surface area contributed by atoms with E-state index in [1.807, 2.05) is 13.0 Å².